The van der Waals surface area contributed by atoms with Gasteiger partial charge in [-0.05, 0) is 25.7 Å². The van der Waals surface area contributed by atoms with E-state index in [0.717, 1.165) is 43.5 Å². The monoisotopic (exact) mass is 332 g/mol. The van der Waals surface area contributed by atoms with Gasteiger partial charge in [-0.2, -0.15) is 0 Å². The zero-order valence-electron chi connectivity index (χ0n) is 13.9. The predicted molar refractivity (Wildman–Crippen MR) is 86.2 cm³/mol. The second-order valence-electron chi connectivity index (χ2n) is 6.92. The maximum Gasteiger partial charge on any atom is 0.251 e. The first-order valence-corrected chi connectivity index (χ1v) is 8.92. The van der Waals surface area contributed by atoms with Gasteiger partial charge in [-0.15, -0.1) is 0 Å². The van der Waals surface area contributed by atoms with Crippen LogP contribution in [0.25, 0.3) is 0 Å². The van der Waals surface area contributed by atoms with E-state index < -0.39 is 0 Å². The Hall–Kier alpha value is -1.89. The van der Waals surface area contributed by atoms with Gasteiger partial charge in [0.1, 0.15) is 6.10 Å². The van der Waals surface area contributed by atoms with Crippen molar-refractivity contribution in [1.82, 2.24) is 19.8 Å². The highest BCUT2D eigenvalue weighted by atomic mass is 16.5. The molecule has 1 aromatic heterocycles. The van der Waals surface area contributed by atoms with E-state index in [4.69, 9.17) is 4.74 Å². The molecule has 1 N–H and O–H groups in total. The standard InChI is InChI=1S/C17H24N4O3/c22-16(12-3-4-13-14(10-12)19-11-18-13)20-5-7-21(8-6-20)17(23)15-2-1-9-24-15/h11-12,15H,1-10H2,(H,18,19). The van der Waals surface area contributed by atoms with E-state index in [1.807, 2.05) is 9.80 Å². The minimum atomic E-state index is -0.260. The van der Waals surface area contributed by atoms with Crippen molar-refractivity contribution in [1.29, 1.82) is 0 Å². The van der Waals surface area contributed by atoms with E-state index in [1.54, 1.807) is 6.33 Å². The van der Waals surface area contributed by atoms with Gasteiger partial charge >= 0.3 is 0 Å². The summed E-state index contributed by atoms with van der Waals surface area (Å²) in [4.78, 5) is 36.4. The largest absolute Gasteiger partial charge is 0.368 e. The molecule has 1 aromatic rings. The van der Waals surface area contributed by atoms with E-state index >= 15 is 0 Å². The third-order valence-corrected chi connectivity index (χ3v) is 5.45. The molecule has 2 fully saturated rings. The smallest absolute Gasteiger partial charge is 0.251 e. The van der Waals surface area contributed by atoms with Gasteiger partial charge in [0.2, 0.25) is 5.91 Å². The molecule has 2 amide bonds. The zero-order valence-corrected chi connectivity index (χ0v) is 13.9. The Morgan fingerprint density at radius 1 is 1.12 bits per heavy atom. The lowest BCUT2D eigenvalue weighted by Crippen LogP contribution is -2.54. The number of rotatable bonds is 2. The maximum atomic E-state index is 12.8. The summed E-state index contributed by atoms with van der Waals surface area (Å²) < 4.78 is 5.48. The van der Waals surface area contributed by atoms with Crippen molar-refractivity contribution in [3.05, 3.63) is 17.7 Å². The van der Waals surface area contributed by atoms with Gasteiger partial charge in [-0.3, -0.25) is 9.59 Å². The molecule has 2 saturated heterocycles. The number of aryl methyl sites for hydroxylation is 1. The Morgan fingerprint density at radius 3 is 2.58 bits per heavy atom. The molecule has 1 aliphatic carbocycles. The number of carbonyl (C=O) groups is 2. The van der Waals surface area contributed by atoms with E-state index in [-0.39, 0.29) is 23.8 Å². The molecule has 0 radical (unpaired) electrons. The Labute approximate surface area is 141 Å². The summed E-state index contributed by atoms with van der Waals surface area (Å²) in [7, 11) is 0. The van der Waals surface area contributed by atoms with Gasteiger partial charge in [0.15, 0.2) is 0 Å². The van der Waals surface area contributed by atoms with E-state index in [1.165, 1.54) is 0 Å². The number of imidazole rings is 1. The van der Waals surface area contributed by atoms with Gasteiger partial charge in [-0.25, -0.2) is 4.98 Å². The number of hydrogen-bond donors (Lipinski definition) is 1. The predicted octanol–water partition coefficient (Wildman–Crippen LogP) is 0.364. The van der Waals surface area contributed by atoms with Gasteiger partial charge in [0.05, 0.1) is 12.0 Å². The Bertz CT molecular complexity index is 615. The average molecular weight is 332 g/mol. The molecule has 7 heteroatoms. The van der Waals surface area contributed by atoms with Gasteiger partial charge in [0.25, 0.3) is 5.91 Å². The van der Waals surface area contributed by atoms with Crippen molar-refractivity contribution >= 4 is 11.8 Å². The molecule has 2 aliphatic heterocycles. The third-order valence-electron chi connectivity index (χ3n) is 5.45. The molecule has 0 aromatic carbocycles. The van der Waals surface area contributed by atoms with Crippen LogP contribution in [0.1, 0.15) is 30.7 Å². The summed E-state index contributed by atoms with van der Waals surface area (Å²) in [5.41, 5.74) is 2.21. The Morgan fingerprint density at radius 2 is 1.88 bits per heavy atom. The number of nitrogens with zero attached hydrogens (tertiary/aromatic N) is 3. The molecular weight excluding hydrogens is 308 g/mol. The molecule has 4 rings (SSSR count). The molecule has 2 atom stereocenters. The third kappa shape index (κ3) is 2.92. The van der Waals surface area contributed by atoms with Crippen molar-refractivity contribution in [2.24, 2.45) is 5.92 Å². The molecule has 7 nitrogen and oxygen atoms in total. The van der Waals surface area contributed by atoms with Gasteiger partial charge < -0.3 is 19.5 Å². The molecule has 3 heterocycles. The van der Waals surface area contributed by atoms with Crippen molar-refractivity contribution in [2.45, 2.75) is 38.2 Å². The number of nitrogens with one attached hydrogen (secondary N) is 1. The van der Waals surface area contributed by atoms with Crippen LogP contribution in [0.4, 0.5) is 0 Å². The molecule has 3 aliphatic rings. The van der Waals surface area contributed by atoms with Crippen molar-refractivity contribution < 1.29 is 14.3 Å². The summed E-state index contributed by atoms with van der Waals surface area (Å²) in [6.45, 7) is 3.18. The first-order valence-electron chi connectivity index (χ1n) is 8.92. The molecular formula is C17H24N4O3. The SMILES string of the molecule is O=C(C1CCc2nc[nH]c2C1)N1CCN(C(=O)C2CCCO2)CC1. The number of hydrogen-bond acceptors (Lipinski definition) is 4. The number of fused-ring (bicyclic) bond motifs is 1. The second kappa shape index (κ2) is 6.55. The van der Waals surface area contributed by atoms with Crippen LogP contribution in [-0.4, -0.2) is 70.5 Å². The Kier molecular flexibility index (Phi) is 4.26. The normalized spacial score (nSPS) is 27.2. The average Bonchev–Trinajstić information content (AvgIpc) is 3.31. The quantitative estimate of drug-likeness (QED) is 0.848. The fourth-order valence-corrected chi connectivity index (χ4v) is 3.99. The number of carbonyl (C=O) groups excluding carboxylic acids is 2. The highest BCUT2D eigenvalue weighted by Crippen LogP contribution is 2.25. The minimum Gasteiger partial charge on any atom is -0.368 e. The number of piperazine rings is 1. The van der Waals surface area contributed by atoms with Crippen LogP contribution in [0, 0.1) is 5.92 Å². The van der Waals surface area contributed by atoms with Gasteiger partial charge in [0, 0.05) is 50.8 Å². The first kappa shape index (κ1) is 15.6. The number of ether oxygens (including phenoxy) is 1. The van der Waals surface area contributed by atoms with Crippen LogP contribution in [0.15, 0.2) is 6.33 Å². The molecule has 0 spiro atoms. The number of amides is 2. The first-order chi connectivity index (χ1) is 11.7. The van der Waals surface area contributed by atoms with Crippen LogP contribution in [0.3, 0.4) is 0 Å². The van der Waals surface area contributed by atoms with E-state index in [9.17, 15) is 9.59 Å². The van der Waals surface area contributed by atoms with E-state index in [2.05, 4.69) is 9.97 Å². The number of H-pyrrole nitrogens is 1. The summed E-state index contributed by atoms with van der Waals surface area (Å²) in [6, 6.07) is 0. The molecule has 24 heavy (non-hydrogen) atoms. The van der Waals surface area contributed by atoms with Crippen LogP contribution < -0.4 is 0 Å². The highest BCUT2D eigenvalue weighted by molar-refractivity contribution is 5.82. The zero-order chi connectivity index (χ0) is 16.5. The summed E-state index contributed by atoms with van der Waals surface area (Å²) >= 11 is 0. The molecule has 0 saturated carbocycles. The number of aromatic nitrogens is 2. The van der Waals surface area contributed by atoms with Crippen molar-refractivity contribution in [3.63, 3.8) is 0 Å². The van der Waals surface area contributed by atoms with Crippen molar-refractivity contribution in [2.75, 3.05) is 32.8 Å². The summed E-state index contributed by atoms with van der Waals surface area (Å²) in [5, 5.41) is 0. The lowest BCUT2D eigenvalue weighted by molar-refractivity contribution is -0.147. The lowest BCUT2D eigenvalue weighted by Gasteiger charge is -2.37. The Balaban J connectivity index is 1.31. The second-order valence-corrected chi connectivity index (χ2v) is 6.92. The topological polar surface area (TPSA) is 78.5 Å². The fourth-order valence-electron chi connectivity index (χ4n) is 3.99. The number of aromatic amines is 1. The van der Waals surface area contributed by atoms with Crippen LogP contribution in [0.5, 0.6) is 0 Å². The van der Waals surface area contributed by atoms with Crippen LogP contribution in [-0.2, 0) is 27.2 Å². The summed E-state index contributed by atoms with van der Waals surface area (Å²) in [5.74, 6) is 0.359. The lowest BCUT2D eigenvalue weighted by atomic mass is 9.88. The maximum absolute atomic E-state index is 12.8. The van der Waals surface area contributed by atoms with Crippen LogP contribution >= 0.6 is 0 Å². The van der Waals surface area contributed by atoms with Crippen LogP contribution in [0.2, 0.25) is 0 Å². The molecule has 0 bridgehead atoms. The fraction of sp³-hybridized carbons (Fsp3) is 0.706. The molecule has 130 valence electrons. The summed E-state index contributed by atoms with van der Waals surface area (Å²) in [6.07, 6.45) is 5.73. The highest BCUT2D eigenvalue weighted by Gasteiger charge is 2.34. The minimum absolute atomic E-state index is 0.0402. The van der Waals surface area contributed by atoms with E-state index in [0.29, 0.717) is 32.8 Å². The van der Waals surface area contributed by atoms with Gasteiger partial charge in [-0.1, -0.05) is 0 Å². The van der Waals surface area contributed by atoms with Crippen molar-refractivity contribution in [3.8, 4) is 0 Å². The molecule has 2 unspecified atom stereocenters.